The average molecular weight is 399 g/mol. The molecule has 1 heterocycles. The van der Waals surface area contributed by atoms with Gasteiger partial charge in [0.05, 0.1) is 10.9 Å². The molecule has 1 atom stereocenters. The number of carbonyl (C=O) groups is 1. The van der Waals surface area contributed by atoms with Gasteiger partial charge in [-0.2, -0.15) is 0 Å². The molecule has 0 fully saturated rings. The molecule has 3 rings (SSSR count). The minimum absolute atomic E-state index is 0.188. The van der Waals surface area contributed by atoms with Gasteiger partial charge in [0.2, 0.25) is 0 Å². The molecule has 1 amide bonds. The van der Waals surface area contributed by atoms with E-state index in [1.54, 1.807) is 36.1 Å². The number of thiazole rings is 1. The summed E-state index contributed by atoms with van der Waals surface area (Å²) in [5.74, 6) is 0.516. The molecular weight excluding hydrogens is 378 g/mol. The van der Waals surface area contributed by atoms with Crippen molar-refractivity contribution in [3.8, 4) is 5.75 Å². The van der Waals surface area contributed by atoms with E-state index in [0.717, 1.165) is 15.4 Å². The molecule has 2 aromatic carbocycles. The van der Waals surface area contributed by atoms with Crippen LogP contribution in [0.2, 0.25) is 0 Å². The quantitative estimate of drug-likeness (QED) is 0.476. The van der Waals surface area contributed by atoms with Gasteiger partial charge >= 0.3 is 0 Å². The van der Waals surface area contributed by atoms with Crippen molar-refractivity contribution in [3.63, 3.8) is 0 Å². The molecule has 3 aromatic rings. The molecule has 8 heteroatoms. The molecule has 0 spiro atoms. The van der Waals surface area contributed by atoms with Crippen LogP contribution in [0.1, 0.15) is 38.8 Å². The topological polar surface area (TPSA) is 92.7 Å². The van der Waals surface area contributed by atoms with Crippen LogP contribution in [-0.2, 0) is 18.1 Å². The smallest absolute Gasteiger partial charge is 0.251 e. The molecule has 0 bridgehead atoms. The van der Waals surface area contributed by atoms with Gasteiger partial charge in [-0.1, -0.05) is 36.0 Å². The van der Waals surface area contributed by atoms with E-state index in [-0.39, 0.29) is 18.6 Å². The maximum Gasteiger partial charge on any atom is 0.251 e. The summed E-state index contributed by atoms with van der Waals surface area (Å²) in [7, 11) is 0. The van der Waals surface area contributed by atoms with Crippen LogP contribution in [0.25, 0.3) is 0 Å². The van der Waals surface area contributed by atoms with E-state index in [9.17, 15) is 4.79 Å². The molecule has 0 aliphatic carbocycles. The van der Waals surface area contributed by atoms with Crippen molar-refractivity contribution in [1.29, 1.82) is 0 Å². The summed E-state index contributed by atoms with van der Waals surface area (Å²) in [6.45, 7) is 2.54. The Kier molecular flexibility index (Phi) is 7.10. The zero-order chi connectivity index (χ0) is 19.8. The minimum atomic E-state index is -0.248. The highest BCUT2D eigenvalue weighted by molar-refractivity contribution is 7.11. The Hall–Kier alpha value is -2.78. The van der Waals surface area contributed by atoms with Gasteiger partial charge < -0.3 is 10.1 Å². The zero-order valence-corrected chi connectivity index (χ0v) is 16.1. The summed E-state index contributed by atoms with van der Waals surface area (Å²) < 4.78 is 5.74. The Morgan fingerprint density at radius 3 is 2.61 bits per heavy atom. The van der Waals surface area contributed by atoms with Crippen LogP contribution >= 0.6 is 11.3 Å². The average Bonchev–Trinajstić information content (AvgIpc) is 3.21. The SMILES string of the molecule is CC(NC(=O)c1ccc(OCc2ccccc2)cc1)c1ncc(CONO)s1. The number of ether oxygens (including phenoxy) is 1. The van der Waals surface area contributed by atoms with E-state index in [1.807, 2.05) is 37.3 Å². The summed E-state index contributed by atoms with van der Waals surface area (Å²) in [5, 5.41) is 12.1. The summed E-state index contributed by atoms with van der Waals surface area (Å²) in [6.07, 6.45) is 1.65. The Balaban J connectivity index is 1.53. The van der Waals surface area contributed by atoms with E-state index in [1.165, 1.54) is 11.3 Å². The van der Waals surface area contributed by atoms with Crippen LogP contribution in [0.5, 0.6) is 5.75 Å². The van der Waals surface area contributed by atoms with Crippen molar-refractivity contribution < 1.29 is 19.6 Å². The number of carbonyl (C=O) groups excluding carboxylic acids is 1. The highest BCUT2D eigenvalue weighted by Gasteiger charge is 2.15. The Morgan fingerprint density at radius 2 is 1.89 bits per heavy atom. The number of hydrogen-bond acceptors (Lipinski definition) is 7. The van der Waals surface area contributed by atoms with Gasteiger partial charge in [0.25, 0.3) is 5.91 Å². The highest BCUT2D eigenvalue weighted by atomic mass is 32.1. The number of rotatable bonds is 9. The van der Waals surface area contributed by atoms with Gasteiger partial charge in [-0.05, 0) is 36.8 Å². The number of benzene rings is 2. The van der Waals surface area contributed by atoms with Gasteiger partial charge in [0.15, 0.2) is 0 Å². The number of hydrogen-bond donors (Lipinski definition) is 3. The lowest BCUT2D eigenvalue weighted by atomic mass is 10.2. The number of aromatic nitrogens is 1. The number of amides is 1. The molecular formula is C20H21N3O4S. The Labute approximate surface area is 166 Å². The van der Waals surface area contributed by atoms with E-state index in [2.05, 4.69) is 10.3 Å². The predicted molar refractivity (Wildman–Crippen MR) is 105 cm³/mol. The highest BCUT2D eigenvalue weighted by Crippen LogP contribution is 2.21. The second-order valence-corrected chi connectivity index (χ2v) is 7.19. The van der Waals surface area contributed by atoms with Crippen LogP contribution in [0, 0.1) is 0 Å². The van der Waals surface area contributed by atoms with Crippen molar-refractivity contribution in [1.82, 2.24) is 15.9 Å². The first-order valence-corrected chi connectivity index (χ1v) is 9.50. The van der Waals surface area contributed by atoms with E-state index >= 15 is 0 Å². The molecule has 0 saturated heterocycles. The molecule has 0 saturated carbocycles. The van der Waals surface area contributed by atoms with Gasteiger partial charge in [0, 0.05) is 11.8 Å². The fourth-order valence-corrected chi connectivity index (χ4v) is 3.31. The Bertz CT molecular complexity index is 884. The normalized spacial score (nSPS) is 11.8. The molecule has 28 heavy (non-hydrogen) atoms. The molecule has 7 nitrogen and oxygen atoms in total. The van der Waals surface area contributed by atoms with Crippen molar-refractivity contribution in [2.75, 3.05) is 0 Å². The molecule has 146 valence electrons. The van der Waals surface area contributed by atoms with Crippen molar-refractivity contribution >= 4 is 17.2 Å². The number of nitrogens with zero attached hydrogens (tertiary/aromatic N) is 1. The number of nitrogens with one attached hydrogen (secondary N) is 2. The first kappa shape index (κ1) is 20.0. The van der Waals surface area contributed by atoms with E-state index in [4.69, 9.17) is 14.8 Å². The summed E-state index contributed by atoms with van der Waals surface area (Å²) >= 11 is 1.40. The maximum absolute atomic E-state index is 12.5. The predicted octanol–water partition coefficient (Wildman–Crippen LogP) is 3.62. The Morgan fingerprint density at radius 1 is 1.14 bits per heavy atom. The lowest BCUT2D eigenvalue weighted by Crippen LogP contribution is -2.26. The molecule has 0 aliphatic rings. The second kappa shape index (κ2) is 9.95. The lowest BCUT2D eigenvalue weighted by Gasteiger charge is -2.12. The first-order valence-electron chi connectivity index (χ1n) is 8.69. The molecule has 0 aliphatic heterocycles. The van der Waals surface area contributed by atoms with Crippen LogP contribution in [0.15, 0.2) is 60.8 Å². The monoisotopic (exact) mass is 399 g/mol. The van der Waals surface area contributed by atoms with E-state index in [0.29, 0.717) is 17.9 Å². The molecule has 0 radical (unpaired) electrons. The fraction of sp³-hybridized carbons (Fsp3) is 0.200. The third-order valence-electron chi connectivity index (χ3n) is 3.93. The van der Waals surface area contributed by atoms with Crippen molar-refractivity contribution in [2.45, 2.75) is 26.2 Å². The van der Waals surface area contributed by atoms with Crippen LogP contribution in [0.3, 0.4) is 0 Å². The first-order chi connectivity index (χ1) is 13.7. The minimum Gasteiger partial charge on any atom is -0.489 e. The third-order valence-corrected chi connectivity index (χ3v) is 5.09. The third kappa shape index (κ3) is 5.61. The second-order valence-electron chi connectivity index (χ2n) is 6.04. The summed E-state index contributed by atoms with van der Waals surface area (Å²) in [4.78, 5) is 22.3. The fourth-order valence-electron chi connectivity index (χ4n) is 2.48. The van der Waals surface area contributed by atoms with Crippen molar-refractivity contribution in [3.05, 3.63) is 81.8 Å². The van der Waals surface area contributed by atoms with Crippen LogP contribution in [0.4, 0.5) is 0 Å². The molecule has 1 aromatic heterocycles. The zero-order valence-electron chi connectivity index (χ0n) is 15.3. The van der Waals surface area contributed by atoms with E-state index < -0.39 is 0 Å². The van der Waals surface area contributed by atoms with Gasteiger partial charge in [-0.15, -0.1) is 11.3 Å². The maximum atomic E-state index is 12.5. The van der Waals surface area contributed by atoms with Gasteiger partial charge in [-0.3, -0.25) is 14.8 Å². The van der Waals surface area contributed by atoms with Crippen LogP contribution < -0.4 is 15.7 Å². The van der Waals surface area contributed by atoms with Gasteiger partial charge in [0.1, 0.15) is 24.0 Å². The standard InChI is InChI=1S/C20H21N3O4S/c1-14(20-21-11-18(28-20)13-27-23-25)22-19(24)16-7-9-17(10-8-16)26-12-15-5-3-2-4-6-15/h2-11,14,23,25H,12-13H2,1H3,(H,22,24). The molecule has 1 unspecified atom stereocenters. The van der Waals surface area contributed by atoms with Crippen molar-refractivity contribution in [2.24, 2.45) is 0 Å². The molecule has 3 N–H and O–H groups in total. The van der Waals surface area contributed by atoms with Gasteiger partial charge in [-0.25, -0.2) is 4.98 Å². The summed E-state index contributed by atoms with van der Waals surface area (Å²) in [6, 6.07) is 16.7. The van der Waals surface area contributed by atoms with Crippen LogP contribution in [-0.4, -0.2) is 16.1 Å². The lowest BCUT2D eigenvalue weighted by molar-refractivity contribution is -0.135. The summed E-state index contributed by atoms with van der Waals surface area (Å²) in [5.41, 5.74) is 3.26. The largest absolute Gasteiger partial charge is 0.489 e.